The van der Waals surface area contributed by atoms with Gasteiger partial charge in [-0.25, -0.2) is 36.5 Å². The molecule has 20 nitrogen and oxygen atoms in total. The number of aromatic nitrogens is 4. The molecular weight excluding hydrogens is 1190 g/mol. The van der Waals surface area contributed by atoms with Crippen molar-refractivity contribution in [3.63, 3.8) is 0 Å². The molecule has 92 heavy (non-hydrogen) atoms. The predicted octanol–water partition coefficient (Wildman–Crippen LogP) is 8.03. The number of hydrogen-bond donors (Lipinski definition) is 5. The molecule has 0 bridgehead atoms. The number of carbonyl (C=O) groups is 4. The van der Waals surface area contributed by atoms with E-state index in [0.717, 1.165) is 51.0 Å². The van der Waals surface area contributed by atoms with Crippen molar-refractivity contribution in [2.45, 2.75) is 105 Å². The fourth-order valence-corrected chi connectivity index (χ4v) is 9.83. The number of carbonyl (C=O) groups excluding carboxylic acids is 3. The number of carboxylic acids is 1. The van der Waals surface area contributed by atoms with Crippen LogP contribution < -0.4 is 60.7 Å². The van der Waals surface area contributed by atoms with Gasteiger partial charge in [0.2, 0.25) is 0 Å². The van der Waals surface area contributed by atoms with E-state index < -0.39 is 70.2 Å². The van der Waals surface area contributed by atoms with Gasteiger partial charge in [-0.15, -0.1) is 0 Å². The normalized spacial score (nSPS) is 12.6. The molecule has 1 fully saturated rings. The minimum atomic E-state index is -1.50. The largest absolute Gasteiger partial charge is 1.00 e. The van der Waals surface area contributed by atoms with E-state index in [1.807, 2.05) is 39.8 Å². The summed E-state index contributed by atoms with van der Waals surface area (Å²) in [6, 6.07) is 22.3. The van der Waals surface area contributed by atoms with Crippen LogP contribution in [0.2, 0.25) is 0 Å². The first-order chi connectivity index (χ1) is 42.1. The third-order valence-electron chi connectivity index (χ3n) is 14.9. The van der Waals surface area contributed by atoms with E-state index in [4.69, 9.17) is 18.9 Å². The zero-order valence-corrected chi connectivity index (χ0v) is 51.6. The van der Waals surface area contributed by atoms with Gasteiger partial charge < -0.3 is 50.8 Å². The molecule has 4 atom stereocenters. The molecular formula is C67H79F4LiN8O12. The molecule has 488 valence electrons. The monoisotopic (exact) mass is 1270 g/mol. The van der Waals surface area contributed by atoms with Gasteiger partial charge >= 0.3 is 30.8 Å². The van der Waals surface area contributed by atoms with E-state index >= 15 is 0 Å². The third-order valence-corrected chi connectivity index (χ3v) is 14.9. The zero-order valence-electron chi connectivity index (χ0n) is 51.6. The van der Waals surface area contributed by atoms with Crippen LogP contribution in [0.1, 0.15) is 100 Å². The zero-order chi connectivity index (χ0) is 63.9. The van der Waals surface area contributed by atoms with Crippen LogP contribution in [0.4, 0.5) is 28.9 Å². The molecule has 0 unspecified atom stereocenters. The van der Waals surface area contributed by atoms with E-state index in [-0.39, 0.29) is 97.9 Å². The van der Waals surface area contributed by atoms with Crippen LogP contribution in [0.5, 0.6) is 11.5 Å². The van der Waals surface area contributed by atoms with Gasteiger partial charge in [0, 0.05) is 63.6 Å². The number of rotatable bonds is 20. The quantitative estimate of drug-likeness (QED) is 0.0274. The smallest absolute Gasteiger partial charge is 0.870 e. The van der Waals surface area contributed by atoms with Crippen LogP contribution in [-0.2, 0) is 46.0 Å². The van der Waals surface area contributed by atoms with Gasteiger partial charge in [0.05, 0.1) is 44.8 Å². The van der Waals surface area contributed by atoms with Crippen LogP contribution >= 0.6 is 0 Å². The Kier molecular flexibility index (Phi) is 29.8. The van der Waals surface area contributed by atoms with Crippen molar-refractivity contribution in [2.75, 3.05) is 45.2 Å². The number of nitrogens with zero attached hydrogens (tertiary/aromatic N) is 4. The van der Waals surface area contributed by atoms with Crippen molar-refractivity contribution in [1.82, 2.24) is 30.2 Å². The first-order valence-electron chi connectivity index (χ1n) is 28.4. The van der Waals surface area contributed by atoms with Crippen molar-refractivity contribution in [3.8, 4) is 33.8 Å². The molecule has 8 aromatic rings. The number of halogens is 4. The SMILES string of the molecule is C.C.C1CCOC1.CC[C@H](C)Nc1cc(F)c(C(=O)N[C@@H](Cc2ccc(-c3c(OC)cnn(C)c3=O)c3ccccc23)C(=O)O)c(F)c1.CC[C@H](C)Nc1cc(F)c(C(=O)N[C@@H](Cc2ccc(-c3c(OC)cnn(C)c3=O)c3ccccc23)C(=O)OC)c(F)c1.[Li+].[OH-]. The maximum absolute atomic E-state index is 14.9. The number of fused-ring (bicyclic) bond motifs is 2. The molecule has 0 spiro atoms. The average molecular weight is 1270 g/mol. The Morgan fingerprint density at radius 1 is 0.598 bits per heavy atom. The minimum Gasteiger partial charge on any atom is -0.870 e. The molecule has 2 amide bonds. The molecule has 1 aliphatic rings. The Morgan fingerprint density at radius 3 is 1.28 bits per heavy atom. The number of ether oxygens (including phenoxy) is 4. The summed E-state index contributed by atoms with van der Waals surface area (Å²) in [6.07, 6.45) is 6.64. The first kappa shape index (κ1) is 77.2. The van der Waals surface area contributed by atoms with Gasteiger partial charge in [-0.3, -0.25) is 19.2 Å². The van der Waals surface area contributed by atoms with Crippen LogP contribution in [0, 0.1) is 23.3 Å². The molecule has 0 radical (unpaired) electrons. The number of aliphatic carboxylic acids is 1. The van der Waals surface area contributed by atoms with Crippen molar-refractivity contribution in [1.29, 1.82) is 0 Å². The van der Waals surface area contributed by atoms with Crippen molar-refractivity contribution in [2.24, 2.45) is 14.1 Å². The number of benzene rings is 6. The van der Waals surface area contributed by atoms with E-state index in [0.29, 0.717) is 61.5 Å². The number of carboxylic acid groups (broad SMARTS) is 1. The number of nitrogens with one attached hydrogen (secondary N) is 4. The van der Waals surface area contributed by atoms with Gasteiger partial charge in [0.15, 0.2) is 11.5 Å². The van der Waals surface area contributed by atoms with Crippen molar-refractivity contribution in [3.05, 3.63) is 176 Å². The second-order valence-corrected chi connectivity index (χ2v) is 20.8. The summed E-state index contributed by atoms with van der Waals surface area (Å²) in [5, 5.41) is 31.2. The second kappa shape index (κ2) is 35.5. The minimum absolute atomic E-state index is 0. The fourth-order valence-electron chi connectivity index (χ4n) is 9.83. The Balaban J connectivity index is 0.000000428. The van der Waals surface area contributed by atoms with Crippen LogP contribution in [0.15, 0.2) is 119 Å². The van der Waals surface area contributed by atoms with Crippen LogP contribution in [-0.4, -0.2) is 113 Å². The molecule has 0 saturated carbocycles. The number of methoxy groups -OCH3 is 3. The molecule has 6 aromatic carbocycles. The van der Waals surface area contributed by atoms with Gasteiger partial charge in [0.1, 0.15) is 46.5 Å². The van der Waals surface area contributed by atoms with Gasteiger partial charge in [-0.05, 0) is 108 Å². The second-order valence-electron chi connectivity index (χ2n) is 20.8. The third kappa shape index (κ3) is 18.3. The standard InChI is InChI=1S/C31H32F2N4O5.C30H30F2N4O5.C4H8O.2CH4.Li.H2O/c1-6-17(2)35-19-14-23(32)28(24(33)15-19)29(38)36-25(31(40)42-5)13-18-11-12-22(21-10-8-7-9-20(18)21)27-26(41-4)16-34-37(3)30(27)39;1-5-16(2)34-18-13-22(31)27(23(32)14-18)28(37)35-24(30(39)40)12-17-10-11-21(20-9-7-6-8-19(17)20)26-25(41-4)15-33-36(3)29(26)38;1-2-4-5-3-1;;;;/h7-12,14-17,25,35H,6,13H2,1-5H3,(H,36,38);6-11,13-16,24,34H,5,12H2,1-4H3,(H,35,37)(H,39,40);1-4H2;2*1H4;;1H2/q;;;;;+1;/p-1/t17-,25-;16-,24-;;;;;/m00...../s1. The topological polar surface area (TPSA) is 273 Å². The first-order valence-corrected chi connectivity index (χ1v) is 28.4. The molecule has 9 rings (SSSR count). The van der Waals surface area contributed by atoms with Crippen LogP contribution in [0.3, 0.4) is 0 Å². The van der Waals surface area contributed by atoms with E-state index in [1.165, 1.54) is 62.9 Å². The van der Waals surface area contributed by atoms with Gasteiger partial charge in [0.25, 0.3) is 22.9 Å². The Labute approximate surface area is 543 Å². The number of esters is 1. The van der Waals surface area contributed by atoms with E-state index in [1.54, 1.807) is 60.7 Å². The Morgan fingerprint density at radius 2 is 0.957 bits per heavy atom. The van der Waals surface area contributed by atoms with Gasteiger partial charge in [-0.1, -0.05) is 101 Å². The summed E-state index contributed by atoms with van der Waals surface area (Å²) >= 11 is 0. The molecule has 3 heterocycles. The van der Waals surface area contributed by atoms with Crippen LogP contribution in [0.25, 0.3) is 43.8 Å². The fraction of sp³-hybridized carbons (Fsp3) is 0.343. The molecule has 1 aliphatic heterocycles. The van der Waals surface area contributed by atoms with Gasteiger partial charge in [-0.2, -0.15) is 10.2 Å². The number of anilines is 2. The summed E-state index contributed by atoms with van der Waals surface area (Å²) in [7, 11) is 7.08. The summed E-state index contributed by atoms with van der Waals surface area (Å²) in [6.45, 7) is 9.54. The average Bonchev–Trinajstić information content (AvgIpc) is 0.795. The molecule has 6 N–H and O–H groups in total. The number of amides is 2. The Hall–Kier alpha value is -9.08. The predicted molar refractivity (Wildman–Crippen MR) is 342 cm³/mol. The molecule has 0 aliphatic carbocycles. The molecule has 1 saturated heterocycles. The summed E-state index contributed by atoms with van der Waals surface area (Å²) in [5.74, 6) is -8.24. The molecule has 2 aromatic heterocycles. The van der Waals surface area contributed by atoms with E-state index in [9.17, 15) is 51.4 Å². The Bertz CT molecular complexity index is 3940. The number of hydrogen-bond acceptors (Lipinski definition) is 15. The van der Waals surface area contributed by atoms with E-state index in [2.05, 4.69) is 31.5 Å². The number of aryl methyl sites for hydroxylation is 2. The molecule has 25 heteroatoms. The van der Waals surface area contributed by atoms with Crippen molar-refractivity contribution < 1.29 is 85.1 Å². The maximum Gasteiger partial charge on any atom is 1.00 e. The summed E-state index contributed by atoms with van der Waals surface area (Å²) in [5.41, 5.74) is 0.861. The van der Waals surface area contributed by atoms with Crippen molar-refractivity contribution >= 4 is 56.7 Å². The maximum atomic E-state index is 14.9. The summed E-state index contributed by atoms with van der Waals surface area (Å²) < 4.78 is 82.5. The summed E-state index contributed by atoms with van der Waals surface area (Å²) in [4.78, 5) is 76.9.